The molecule has 122 valence electrons. The first-order valence-electron chi connectivity index (χ1n) is 8.84. The minimum Gasteiger partial charge on any atom is -0.314 e. The Bertz CT molecular complexity index is 429. The highest BCUT2D eigenvalue weighted by atomic mass is 32.2. The van der Waals surface area contributed by atoms with Gasteiger partial charge in [-0.25, -0.2) is 8.42 Å². The van der Waals surface area contributed by atoms with Gasteiger partial charge in [0.2, 0.25) is 10.0 Å². The highest BCUT2D eigenvalue weighted by molar-refractivity contribution is 7.89. The van der Waals surface area contributed by atoms with Crippen LogP contribution in [-0.2, 0) is 10.0 Å². The molecule has 3 aliphatic rings. The Labute approximate surface area is 129 Å². The Hall–Kier alpha value is -0.130. The Morgan fingerprint density at radius 3 is 2.38 bits per heavy atom. The van der Waals surface area contributed by atoms with E-state index in [2.05, 4.69) is 5.32 Å². The molecule has 0 bridgehead atoms. The molecule has 4 nitrogen and oxygen atoms in total. The van der Waals surface area contributed by atoms with Crippen LogP contribution in [0.1, 0.15) is 64.2 Å². The summed E-state index contributed by atoms with van der Waals surface area (Å²) in [4.78, 5) is 0. The number of hydrogen-bond donors (Lipinski definition) is 1. The van der Waals surface area contributed by atoms with Crippen LogP contribution in [0.4, 0.5) is 0 Å². The lowest BCUT2D eigenvalue weighted by Crippen LogP contribution is -2.64. The lowest BCUT2D eigenvalue weighted by molar-refractivity contribution is 0.100. The van der Waals surface area contributed by atoms with Gasteiger partial charge in [-0.1, -0.05) is 38.5 Å². The van der Waals surface area contributed by atoms with E-state index in [0.29, 0.717) is 18.2 Å². The Morgan fingerprint density at radius 2 is 1.67 bits per heavy atom. The van der Waals surface area contributed by atoms with Crippen molar-refractivity contribution in [2.75, 3.05) is 25.4 Å². The number of nitrogens with zero attached hydrogens (tertiary/aromatic N) is 1. The number of nitrogens with one attached hydrogen (secondary N) is 1. The summed E-state index contributed by atoms with van der Waals surface area (Å²) >= 11 is 0. The Kier molecular flexibility index (Phi) is 4.91. The maximum absolute atomic E-state index is 13.0. The van der Waals surface area contributed by atoms with Gasteiger partial charge in [0, 0.05) is 25.2 Å². The van der Waals surface area contributed by atoms with E-state index in [1.165, 1.54) is 38.5 Å². The van der Waals surface area contributed by atoms with Crippen LogP contribution in [0.15, 0.2) is 0 Å². The predicted octanol–water partition coefficient (Wildman–Crippen LogP) is 2.50. The fourth-order valence-corrected chi connectivity index (χ4v) is 6.95. The number of hydrogen-bond acceptors (Lipinski definition) is 3. The summed E-state index contributed by atoms with van der Waals surface area (Å²) in [6.45, 7) is 2.34. The van der Waals surface area contributed by atoms with Crippen molar-refractivity contribution in [1.29, 1.82) is 0 Å². The zero-order valence-corrected chi connectivity index (χ0v) is 14.0. The molecule has 3 rings (SSSR count). The molecular weight excluding hydrogens is 284 g/mol. The van der Waals surface area contributed by atoms with Crippen LogP contribution in [0, 0.1) is 5.92 Å². The summed E-state index contributed by atoms with van der Waals surface area (Å²) < 4.78 is 28.0. The van der Waals surface area contributed by atoms with Gasteiger partial charge in [0.05, 0.1) is 5.75 Å². The second-order valence-corrected chi connectivity index (χ2v) is 9.25. The fourth-order valence-electron chi connectivity index (χ4n) is 4.64. The van der Waals surface area contributed by atoms with Crippen molar-refractivity contribution in [2.45, 2.75) is 69.7 Å². The van der Waals surface area contributed by atoms with Crippen LogP contribution in [0.5, 0.6) is 0 Å². The molecule has 0 aromatic rings. The molecule has 1 aliphatic heterocycles. The first kappa shape index (κ1) is 15.8. The quantitative estimate of drug-likeness (QED) is 0.871. The van der Waals surface area contributed by atoms with Gasteiger partial charge >= 0.3 is 0 Å². The first-order valence-corrected chi connectivity index (χ1v) is 10.4. The predicted molar refractivity (Wildman–Crippen MR) is 85.8 cm³/mol. The molecule has 0 amide bonds. The van der Waals surface area contributed by atoms with Gasteiger partial charge in [0.15, 0.2) is 0 Å². The number of piperazine rings is 1. The van der Waals surface area contributed by atoms with E-state index >= 15 is 0 Å². The molecule has 5 heteroatoms. The van der Waals surface area contributed by atoms with Gasteiger partial charge in [-0.2, -0.15) is 4.31 Å². The molecule has 21 heavy (non-hydrogen) atoms. The van der Waals surface area contributed by atoms with Crippen molar-refractivity contribution >= 4 is 10.0 Å². The zero-order chi connectivity index (χ0) is 14.8. The summed E-state index contributed by atoms with van der Waals surface area (Å²) in [6, 6.07) is 0. The van der Waals surface area contributed by atoms with E-state index in [1.54, 1.807) is 0 Å². The first-order chi connectivity index (χ1) is 10.1. The Balaban J connectivity index is 1.74. The average molecular weight is 314 g/mol. The van der Waals surface area contributed by atoms with Crippen LogP contribution in [0.3, 0.4) is 0 Å². The van der Waals surface area contributed by atoms with E-state index in [0.717, 1.165) is 38.8 Å². The van der Waals surface area contributed by atoms with E-state index in [4.69, 9.17) is 0 Å². The van der Waals surface area contributed by atoms with Crippen LogP contribution in [-0.4, -0.2) is 43.6 Å². The molecule has 0 unspecified atom stereocenters. The van der Waals surface area contributed by atoms with Gasteiger partial charge in [0.25, 0.3) is 0 Å². The zero-order valence-electron chi connectivity index (χ0n) is 13.1. The van der Waals surface area contributed by atoms with Crippen molar-refractivity contribution in [3.05, 3.63) is 0 Å². The minimum absolute atomic E-state index is 0.107. The molecular formula is C16H30N2O2S. The molecule has 0 atom stereocenters. The second-order valence-electron chi connectivity index (χ2n) is 7.32. The maximum atomic E-state index is 13.0. The van der Waals surface area contributed by atoms with Gasteiger partial charge in [-0.15, -0.1) is 0 Å². The second kappa shape index (κ2) is 6.55. The highest BCUT2D eigenvalue weighted by Crippen LogP contribution is 2.37. The summed E-state index contributed by atoms with van der Waals surface area (Å²) in [7, 11) is -3.10. The van der Waals surface area contributed by atoms with Crippen LogP contribution < -0.4 is 5.32 Å². The minimum atomic E-state index is -3.10. The summed E-state index contributed by atoms with van der Waals surface area (Å²) in [5.41, 5.74) is -0.107. The van der Waals surface area contributed by atoms with Gasteiger partial charge < -0.3 is 5.32 Å². The van der Waals surface area contributed by atoms with Crippen LogP contribution in [0.2, 0.25) is 0 Å². The third kappa shape index (κ3) is 3.45. The topological polar surface area (TPSA) is 49.4 Å². The van der Waals surface area contributed by atoms with Crippen molar-refractivity contribution in [1.82, 2.24) is 9.62 Å². The molecule has 3 fully saturated rings. The molecule has 0 aromatic heterocycles. The molecule has 2 saturated carbocycles. The van der Waals surface area contributed by atoms with Crippen molar-refractivity contribution in [3.8, 4) is 0 Å². The molecule has 0 radical (unpaired) electrons. The largest absolute Gasteiger partial charge is 0.314 e. The smallest absolute Gasteiger partial charge is 0.214 e. The number of sulfonamides is 1. The van der Waals surface area contributed by atoms with Gasteiger partial charge in [0.1, 0.15) is 0 Å². The molecule has 1 saturated heterocycles. The average Bonchev–Trinajstić information content (AvgIpc) is 2.49. The maximum Gasteiger partial charge on any atom is 0.214 e. The molecule has 0 aromatic carbocycles. The molecule has 1 spiro atoms. The monoisotopic (exact) mass is 314 g/mol. The van der Waals surface area contributed by atoms with Crippen molar-refractivity contribution in [2.24, 2.45) is 5.92 Å². The van der Waals surface area contributed by atoms with E-state index in [9.17, 15) is 8.42 Å². The molecule has 1 heterocycles. The lowest BCUT2D eigenvalue weighted by Gasteiger charge is -2.49. The fraction of sp³-hybridized carbons (Fsp3) is 1.00. The van der Waals surface area contributed by atoms with Crippen molar-refractivity contribution < 1.29 is 8.42 Å². The standard InChI is InChI=1S/C16H30N2O2S/c19-21(20,13-15-7-3-1-4-8-15)18-12-11-17-14-16(18)9-5-2-6-10-16/h15,17H,1-14H2. The van der Waals surface area contributed by atoms with Gasteiger partial charge in [-0.05, 0) is 31.6 Å². The summed E-state index contributed by atoms with van der Waals surface area (Å²) in [6.07, 6.45) is 11.6. The van der Waals surface area contributed by atoms with E-state index in [-0.39, 0.29) is 5.54 Å². The third-order valence-electron chi connectivity index (χ3n) is 5.77. The van der Waals surface area contributed by atoms with E-state index in [1.807, 2.05) is 4.31 Å². The van der Waals surface area contributed by atoms with Crippen molar-refractivity contribution in [3.63, 3.8) is 0 Å². The summed E-state index contributed by atoms with van der Waals surface area (Å²) in [5.74, 6) is 0.800. The third-order valence-corrected chi connectivity index (χ3v) is 7.90. The number of rotatable bonds is 3. The Morgan fingerprint density at radius 1 is 1.00 bits per heavy atom. The molecule has 1 N–H and O–H groups in total. The highest BCUT2D eigenvalue weighted by Gasteiger charge is 2.45. The van der Waals surface area contributed by atoms with Crippen LogP contribution in [0.25, 0.3) is 0 Å². The summed E-state index contributed by atoms with van der Waals surface area (Å²) in [5, 5.41) is 3.44. The lowest BCUT2D eigenvalue weighted by atomic mass is 9.80. The van der Waals surface area contributed by atoms with Crippen LogP contribution >= 0.6 is 0 Å². The SMILES string of the molecule is O=S(=O)(CC1CCCCC1)N1CCNCC12CCCCC2. The molecule has 2 aliphatic carbocycles. The van der Waals surface area contributed by atoms with Gasteiger partial charge in [-0.3, -0.25) is 0 Å². The normalized spacial score (nSPS) is 28.8. The van der Waals surface area contributed by atoms with E-state index < -0.39 is 10.0 Å².